The van der Waals surface area contributed by atoms with E-state index >= 15 is 0 Å². The van der Waals surface area contributed by atoms with E-state index in [1.807, 2.05) is 0 Å². The fraction of sp³-hybridized carbons (Fsp3) is 0.707. The topological polar surface area (TPSA) is 210 Å². The molecule has 55 heavy (non-hydrogen) atoms. The van der Waals surface area contributed by atoms with Gasteiger partial charge in [-0.25, -0.2) is 4.57 Å². The second-order valence-corrected chi connectivity index (χ2v) is 15.2. The van der Waals surface area contributed by atoms with Crippen LogP contribution in [0.5, 0.6) is 0 Å². The number of phosphoric acid groups is 1. The van der Waals surface area contributed by atoms with Gasteiger partial charge in [0, 0.05) is 12.8 Å². The summed E-state index contributed by atoms with van der Waals surface area (Å²) in [5.74, 6) is -1.15. The highest BCUT2D eigenvalue weighted by atomic mass is 31.2. The number of esters is 2. The molecule has 0 amide bonds. The van der Waals surface area contributed by atoms with E-state index in [0.717, 1.165) is 83.5 Å². The molecule has 1 fully saturated rings. The number of carbonyl (C=O) groups excluding carboxylic acids is 2. The fourth-order valence-electron chi connectivity index (χ4n) is 5.61. The van der Waals surface area contributed by atoms with E-state index in [4.69, 9.17) is 18.5 Å². The molecule has 0 radical (unpaired) electrons. The minimum absolute atomic E-state index is 0.0555. The van der Waals surface area contributed by atoms with Crippen LogP contribution in [-0.2, 0) is 32.7 Å². The Labute approximate surface area is 328 Å². The molecule has 1 aliphatic rings. The second-order valence-electron chi connectivity index (χ2n) is 13.8. The lowest BCUT2D eigenvalue weighted by Gasteiger charge is -2.41. The van der Waals surface area contributed by atoms with Crippen molar-refractivity contribution in [1.29, 1.82) is 0 Å². The first kappa shape index (κ1) is 50.6. The van der Waals surface area contributed by atoms with Crippen molar-refractivity contribution in [3.8, 4) is 0 Å². The highest BCUT2D eigenvalue weighted by Gasteiger charge is 2.51. The van der Waals surface area contributed by atoms with Crippen molar-refractivity contribution in [2.24, 2.45) is 0 Å². The number of hydrogen-bond donors (Lipinski definition) is 6. The summed E-state index contributed by atoms with van der Waals surface area (Å²) in [7, 11) is -5.12. The summed E-state index contributed by atoms with van der Waals surface area (Å²) in [4.78, 5) is 35.4. The first-order chi connectivity index (χ1) is 26.4. The van der Waals surface area contributed by atoms with Crippen LogP contribution in [0.2, 0.25) is 0 Å². The molecule has 0 spiro atoms. The second kappa shape index (κ2) is 31.6. The van der Waals surface area contributed by atoms with E-state index in [1.165, 1.54) is 6.42 Å². The van der Waals surface area contributed by atoms with E-state index in [1.54, 1.807) is 0 Å². The van der Waals surface area contributed by atoms with Gasteiger partial charge in [0.15, 0.2) is 6.10 Å². The summed E-state index contributed by atoms with van der Waals surface area (Å²) in [5, 5.41) is 49.9. The maximum atomic E-state index is 12.7. The molecule has 0 heterocycles. The normalized spacial score (nSPS) is 23.7. The number of unbranched alkanes of at least 4 members (excludes halogenated alkanes) is 9. The summed E-state index contributed by atoms with van der Waals surface area (Å²) in [6.45, 7) is 3.06. The van der Waals surface area contributed by atoms with Gasteiger partial charge in [0.2, 0.25) is 0 Å². The van der Waals surface area contributed by atoms with Crippen LogP contribution in [0.15, 0.2) is 60.8 Å². The van der Waals surface area contributed by atoms with Crippen molar-refractivity contribution in [3.05, 3.63) is 60.8 Å². The van der Waals surface area contributed by atoms with Gasteiger partial charge < -0.3 is 39.9 Å². The number of ether oxygens (including phenoxy) is 2. The fourth-order valence-corrected chi connectivity index (χ4v) is 6.58. The molecule has 0 saturated heterocycles. The molecule has 0 aromatic heterocycles. The Bertz CT molecular complexity index is 1200. The maximum Gasteiger partial charge on any atom is 0.472 e. The SMILES string of the molecule is CC/C=C\C/C=C\C/C=C\C/C=C\C/C=C\CCCCCC(=O)OC(COC(=O)CCCCCCCCC)COP(=O)(O)OC1C(O)C(O)C(O)C(O)C1O. The average Bonchev–Trinajstić information content (AvgIpc) is 3.16. The highest BCUT2D eigenvalue weighted by Crippen LogP contribution is 2.47. The lowest BCUT2D eigenvalue weighted by atomic mass is 9.85. The van der Waals surface area contributed by atoms with E-state index < -0.39 is 75.7 Å². The van der Waals surface area contributed by atoms with E-state index in [2.05, 4.69) is 74.6 Å². The van der Waals surface area contributed by atoms with Crippen LogP contribution in [-0.4, -0.2) is 98.3 Å². The number of aliphatic hydroxyl groups excluding tert-OH is 5. The summed E-state index contributed by atoms with van der Waals surface area (Å²) in [6, 6.07) is 0. The first-order valence-corrected chi connectivity index (χ1v) is 21.6. The zero-order chi connectivity index (χ0) is 40.7. The van der Waals surface area contributed by atoms with Crippen LogP contribution in [0.3, 0.4) is 0 Å². The van der Waals surface area contributed by atoms with Crippen molar-refractivity contribution in [3.63, 3.8) is 0 Å². The quantitative estimate of drug-likeness (QED) is 0.0189. The van der Waals surface area contributed by atoms with Gasteiger partial charge in [-0.2, -0.15) is 0 Å². The average molecular weight is 801 g/mol. The smallest absolute Gasteiger partial charge is 0.462 e. The molecule has 0 bridgehead atoms. The third-order valence-corrected chi connectivity index (χ3v) is 9.86. The largest absolute Gasteiger partial charge is 0.472 e. The lowest BCUT2D eigenvalue weighted by molar-refractivity contribution is -0.220. The molecule has 6 atom stereocenters. The zero-order valence-electron chi connectivity index (χ0n) is 32.9. The minimum atomic E-state index is -5.12. The number of carbonyl (C=O) groups is 2. The Balaban J connectivity index is 2.51. The molecule has 1 aliphatic carbocycles. The molecular formula is C41H69O13P. The van der Waals surface area contributed by atoms with Gasteiger partial charge >= 0.3 is 19.8 Å². The number of aliphatic hydroxyl groups is 5. The van der Waals surface area contributed by atoms with Gasteiger partial charge in [-0.3, -0.25) is 18.6 Å². The maximum absolute atomic E-state index is 12.7. The van der Waals surface area contributed by atoms with Gasteiger partial charge in [-0.15, -0.1) is 0 Å². The van der Waals surface area contributed by atoms with Gasteiger partial charge in [-0.1, -0.05) is 120 Å². The van der Waals surface area contributed by atoms with Crippen LogP contribution in [0.1, 0.15) is 129 Å². The summed E-state index contributed by atoms with van der Waals surface area (Å²) >= 11 is 0. The van der Waals surface area contributed by atoms with Crippen molar-refractivity contribution < 1.29 is 63.1 Å². The van der Waals surface area contributed by atoms with Gasteiger partial charge in [0.25, 0.3) is 0 Å². The Morgan fingerprint density at radius 3 is 1.58 bits per heavy atom. The monoisotopic (exact) mass is 800 g/mol. The molecule has 6 unspecified atom stereocenters. The number of phosphoric ester groups is 1. The Hall–Kier alpha value is -2.45. The van der Waals surface area contributed by atoms with Crippen LogP contribution in [0.25, 0.3) is 0 Å². The Morgan fingerprint density at radius 2 is 1.04 bits per heavy atom. The van der Waals surface area contributed by atoms with E-state index in [9.17, 15) is 44.6 Å². The summed E-state index contributed by atoms with van der Waals surface area (Å²) in [5.41, 5.74) is 0. The predicted octanol–water partition coefficient (Wildman–Crippen LogP) is 6.60. The third kappa shape index (κ3) is 24.7. The molecular weight excluding hydrogens is 731 g/mol. The molecule has 0 aliphatic heterocycles. The molecule has 0 aromatic carbocycles. The van der Waals surface area contributed by atoms with E-state index in [0.29, 0.717) is 12.8 Å². The third-order valence-electron chi connectivity index (χ3n) is 8.87. The first-order valence-electron chi connectivity index (χ1n) is 20.1. The van der Waals surface area contributed by atoms with Crippen molar-refractivity contribution >= 4 is 19.8 Å². The van der Waals surface area contributed by atoms with Gasteiger partial charge in [-0.05, 0) is 57.8 Å². The van der Waals surface area contributed by atoms with E-state index in [-0.39, 0.29) is 12.8 Å². The molecule has 14 heteroatoms. The van der Waals surface area contributed by atoms with Crippen molar-refractivity contribution in [2.75, 3.05) is 13.2 Å². The molecule has 1 rings (SSSR count). The van der Waals surface area contributed by atoms with Crippen LogP contribution in [0, 0.1) is 0 Å². The van der Waals surface area contributed by atoms with Crippen molar-refractivity contribution in [1.82, 2.24) is 0 Å². The summed E-state index contributed by atoms with van der Waals surface area (Å²) in [6.07, 6.45) is 23.2. The van der Waals surface area contributed by atoms with Crippen LogP contribution in [0.4, 0.5) is 0 Å². The Morgan fingerprint density at radius 1 is 0.582 bits per heavy atom. The number of allylic oxidation sites excluding steroid dienone is 10. The molecule has 1 saturated carbocycles. The molecule has 13 nitrogen and oxygen atoms in total. The molecule has 0 aromatic rings. The number of rotatable bonds is 31. The number of hydrogen-bond acceptors (Lipinski definition) is 12. The van der Waals surface area contributed by atoms with Crippen molar-refractivity contribution in [2.45, 2.75) is 172 Å². The van der Waals surface area contributed by atoms with Crippen LogP contribution >= 0.6 is 7.82 Å². The highest BCUT2D eigenvalue weighted by molar-refractivity contribution is 7.47. The van der Waals surface area contributed by atoms with Gasteiger partial charge in [0.05, 0.1) is 6.61 Å². The summed E-state index contributed by atoms with van der Waals surface area (Å²) < 4.78 is 33.2. The zero-order valence-corrected chi connectivity index (χ0v) is 33.8. The van der Waals surface area contributed by atoms with Crippen LogP contribution < -0.4 is 0 Å². The minimum Gasteiger partial charge on any atom is -0.462 e. The molecule has 316 valence electrons. The Kier molecular flexibility index (Phi) is 29.1. The lowest BCUT2D eigenvalue weighted by Crippen LogP contribution is -2.64. The van der Waals surface area contributed by atoms with Gasteiger partial charge in [0.1, 0.15) is 43.2 Å². The molecule has 6 N–H and O–H groups in total. The standard InChI is InChI=1S/C41H69O13P/c1-3-5-7-9-11-12-13-14-15-16-17-18-19-20-21-22-24-26-28-30-35(43)53-33(31-51-34(42)29-27-25-23-10-8-6-4-2)32-52-55(49,50)54-41-39(47)37(45)36(44)38(46)40(41)48/h5,7,11-12,14-15,17-18,20-21,33,36-41,44-48H,3-4,6,8-10,13,16,19,22-32H2,1-2H3,(H,49,50)/b7-5-,12-11-,15-14-,18-17-,21-20-. The predicted molar refractivity (Wildman–Crippen MR) is 212 cm³/mol.